The van der Waals surface area contributed by atoms with Gasteiger partial charge in [-0.3, -0.25) is 4.79 Å². The molecule has 0 aliphatic carbocycles. The first-order valence-corrected chi connectivity index (χ1v) is 5.69. The Labute approximate surface area is 109 Å². The first-order valence-electron chi connectivity index (χ1n) is 5.32. The summed E-state index contributed by atoms with van der Waals surface area (Å²) < 4.78 is 1.55. The molecule has 0 aliphatic heterocycles. The number of carbonyl (C=O) groups is 1. The Balaban J connectivity index is 2.39. The molecule has 1 aromatic heterocycles. The van der Waals surface area contributed by atoms with Crippen LogP contribution in [0.2, 0.25) is 5.02 Å². The van der Waals surface area contributed by atoms with Crippen LogP contribution in [0.5, 0.6) is 0 Å². The van der Waals surface area contributed by atoms with E-state index in [4.69, 9.17) is 22.4 Å². The maximum absolute atomic E-state index is 10.9. The maximum Gasteiger partial charge on any atom is 0.310 e. The van der Waals surface area contributed by atoms with Crippen LogP contribution in [0, 0.1) is 0 Å². The van der Waals surface area contributed by atoms with Crippen molar-refractivity contribution in [2.45, 2.75) is 12.8 Å². The first-order chi connectivity index (χ1) is 8.49. The Kier molecular flexibility index (Phi) is 3.25. The lowest BCUT2D eigenvalue weighted by molar-refractivity contribution is -0.138. The SMILES string of the molecule is CC(C(=O)O)c1ccc(-n2cc(N)cn2)c(Cl)c1. The molecule has 2 rings (SSSR count). The minimum Gasteiger partial charge on any atom is -0.481 e. The van der Waals surface area contributed by atoms with E-state index in [2.05, 4.69) is 5.10 Å². The van der Waals surface area contributed by atoms with Crippen LogP contribution in [-0.2, 0) is 4.79 Å². The highest BCUT2D eigenvalue weighted by molar-refractivity contribution is 6.32. The molecule has 94 valence electrons. The van der Waals surface area contributed by atoms with E-state index in [1.54, 1.807) is 36.0 Å². The summed E-state index contributed by atoms with van der Waals surface area (Å²) >= 11 is 6.13. The molecule has 0 fully saturated rings. The van der Waals surface area contributed by atoms with Gasteiger partial charge in [-0.05, 0) is 24.6 Å². The molecule has 0 bridgehead atoms. The molecule has 0 saturated carbocycles. The van der Waals surface area contributed by atoms with Crippen molar-refractivity contribution in [3.63, 3.8) is 0 Å². The molecule has 5 nitrogen and oxygen atoms in total. The zero-order valence-corrected chi connectivity index (χ0v) is 10.4. The molecule has 1 heterocycles. The molecule has 3 N–H and O–H groups in total. The third-order valence-corrected chi connectivity index (χ3v) is 2.99. The normalized spacial score (nSPS) is 12.3. The van der Waals surface area contributed by atoms with Gasteiger partial charge in [-0.2, -0.15) is 5.10 Å². The van der Waals surface area contributed by atoms with E-state index in [9.17, 15) is 4.79 Å². The summed E-state index contributed by atoms with van der Waals surface area (Å²) in [6.45, 7) is 1.61. The largest absolute Gasteiger partial charge is 0.481 e. The molecule has 0 radical (unpaired) electrons. The maximum atomic E-state index is 10.9. The number of aliphatic carboxylic acids is 1. The van der Waals surface area contributed by atoms with Gasteiger partial charge in [0.05, 0.1) is 34.7 Å². The summed E-state index contributed by atoms with van der Waals surface area (Å²) in [5, 5.41) is 13.4. The van der Waals surface area contributed by atoms with Gasteiger partial charge in [0.25, 0.3) is 0 Å². The predicted octanol–water partition coefficient (Wildman–Crippen LogP) is 2.30. The van der Waals surface area contributed by atoms with Gasteiger partial charge in [0, 0.05) is 0 Å². The number of nitrogen functional groups attached to an aromatic ring is 1. The molecule has 0 amide bonds. The number of carboxylic acids is 1. The van der Waals surface area contributed by atoms with Crippen LogP contribution < -0.4 is 5.73 Å². The van der Waals surface area contributed by atoms with E-state index in [1.807, 2.05) is 0 Å². The fourth-order valence-electron chi connectivity index (χ4n) is 1.59. The number of anilines is 1. The molecular weight excluding hydrogens is 254 g/mol. The minimum absolute atomic E-state index is 0.434. The molecule has 0 aliphatic rings. The van der Waals surface area contributed by atoms with E-state index in [0.29, 0.717) is 22.0 Å². The summed E-state index contributed by atoms with van der Waals surface area (Å²) in [4.78, 5) is 10.9. The van der Waals surface area contributed by atoms with Gasteiger partial charge in [-0.15, -0.1) is 0 Å². The number of hydrogen-bond donors (Lipinski definition) is 2. The summed E-state index contributed by atoms with van der Waals surface area (Å²) in [6.07, 6.45) is 3.16. The zero-order valence-electron chi connectivity index (χ0n) is 9.67. The van der Waals surface area contributed by atoms with Crippen molar-refractivity contribution in [1.82, 2.24) is 9.78 Å². The van der Waals surface area contributed by atoms with Crippen LogP contribution >= 0.6 is 11.6 Å². The van der Waals surface area contributed by atoms with Crippen molar-refractivity contribution in [1.29, 1.82) is 0 Å². The number of hydrogen-bond acceptors (Lipinski definition) is 3. The number of nitrogens with zero attached hydrogens (tertiary/aromatic N) is 2. The van der Waals surface area contributed by atoms with Crippen molar-refractivity contribution in [2.24, 2.45) is 0 Å². The third-order valence-electron chi connectivity index (χ3n) is 2.69. The highest BCUT2D eigenvalue weighted by atomic mass is 35.5. The second kappa shape index (κ2) is 4.70. The lowest BCUT2D eigenvalue weighted by Gasteiger charge is -2.10. The molecule has 0 spiro atoms. The van der Waals surface area contributed by atoms with Crippen molar-refractivity contribution in [3.05, 3.63) is 41.2 Å². The predicted molar refractivity (Wildman–Crippen MR) is 69.0 cm³/mol. The molecule has 1 aromatic carbocycles. The van der Waals surface area contributed by atoms with Crippen LogP contribution in [-0.4, -0.2) is 20.9 Å². The van der Waals surface area contributed by atoms with Crippen LogP contribution in [0.4, 0.5) is 5.69 Å². The van der Waals surface area contributed by atoms with Gasteiger partial charge < -0.3 is 10.8 Å². The lowest BCUT2D eigenvalue weighted by atomic mass is 10.0. The Morgan fingerprint density at radius 3 is 2.78 bits per heavy atom. The van der Waals surface area contributed by atoms with E-state index in [1.165, 1.54) is 6.20 Å². The Morgan fingerprint density at radius 1 is 1.56 bits per heavy atom. The van der Waals surface area contributed by atoms with E-state index in [0.717, 1.165) is 0 Å². The van der Waals surface area contributed by atoms with E-state index < -0.39 is 11.9 Å². The standard InChI is InChI=1S/C12H12ClN3O2/c1-7(12(17)18)8-2-3-11(10(13)4-8)16-6-9(14)5-15-16/h2-7H,14H2,1H3,(H,17,18). The van der Waals surface area contributed by atoms with Gasteiger partial charge in [0.2, 0.25) is 0 Å². The smallest absolute Gasteiger partial charge is 0.310 e. The second-order valence-corrected chi connectivity index (χ2v) is 4.40. The van der Waals surface area contributed by atoms with Gasteiger partial charge in [0.15, 0.2) is 0 Å². The van der Waals surface area contributed by atoms with E-state index >= 15 is 0 Å². The minimum atomic E-state index is -0.887. The second-order valence-electron chi connectivity index (χ2n) is 3.99. The molecule has 2 aromatic rings. The number of halogens is 1. The van der Waals surface area contributed by atoms with Gasteiger partial charge >= 0.3 is 5.97 Å². The van der Waals surface area contributed by atoms with Crippen LogP contribution in [0.25, 0.3) is 5.69 Å². The van der Waals surface area contributed by atoms with Crippen molar-refractivity contribution in [3.8, 4) is 5.69 Å². The molecule has 6 heteroatoms. The monoisotopic (exact) mass is 265 g/mol. The summed E-state index contributed by atoms with van der Waals surface area (Å²) in [5.74, 6) is -1.48. The first kappa shape index (κ1) is 12.4. The Hall–Kier alpha value is -2.01. The highest BCUT2D eigenvalue weighted by Crippen LogP contribution is 2.26. The van der Waals surface area contributed by atoms with Gasteiger partial charge in [-0.1, -0.05) is 17.7 Å². The van der Waals surface area contributed by atoms with Crippen molar-refractivity contribution < 1.29 is 9.90 Å². The van der Waals surface area contributed by atoms with Gasteiger partial charge in [0.1, 0.15) is 0 Å². The van der Waals surface area contributed by atoms with Crippen LogP contribution in [0.3, 0.4) is 0 Å². The average Bonchev–Trinajstić information content (AvgIpc) is 2.74. The van der Waals surface area contributed by atoms with Crippen molar-refractivity contribution in [2.75, 3.05) is 5.73 Å². The molecule has 1 atom stereocenters. The fraction of sp³-hybridized carbons (Fsp3) is 0.167. The molecule has 18 heavy (non-hydrogen) atoms. The molecule has 1 unspecified atom stereocenters. The number of carboxylic acid groups (broad SMARTS) is 1. The zero-order chi connectivity index (χ0) is 13.3. The summed E-state index contributed by atoms with van der Waals surface area (Å²) in [5.41, 5.74) is 7.43. The average molecular weight is 266 g/mol. The highest BCUT2D eigenvalue weighted by Gasteiger charge is 2.15. The molecule has 0 saturated heterocycles. The van der Waals surface area contributed by atoms with E-state index in [-0.39, 0.29) is 0 Å². The number of aromatic nitrogens is 2. The summed E-state index contributed by atoms with van der Waals surface area (Å²) in [6, 6.07) is 5.08. The summed E-state index contributed by atoms with van der Waals surface area (Å²) in [7, 11) is 0. The Bertz CT molecular complexity index is 595. The van der Waals surface area contributed by atoms with Crippen molar-refractivity contribution >= 4 is 23.3 Å². The number of nitrogens with two attached hydrogens (primary N) is 1. The number of benzene rings is 1. The topological polar surface area (TPSA) is 81.1 Å². The molecular formula is C12H12ClN3O2. The van der Waals surface area contributed by atoms with Crippen LogP contribution in [0.15, 0.2) is 30.6 Å². The fourth-order valence-corrected chi connectivity index (χ4v) is 1.86. The third kappa shape index (κ3) is 2.31. The lowest BCUT2D eigenvalue weighted by Crippen LogP contribution is -2.07. The Morgan fingerprint density at radius 2 is 2.28 bits per heavy atom. The number of rotatable bonds is 3. The quantitative estimate of drug-likeness (QED) is 0.892. The van der Waals surface area contributed by atoms with Gasteiger partial charge in [-0.25, -0.2) is 4.68 Å². The van der Waals surface area contributed by atoms with Crippen LogP contribution in [0.1, 0.15) is 18.4 Å².